The van der Waals surface area contributed by atoms with Crippen molar-refractivity contribution in [2.75, 3.05) is 26.3 Å². The third kappa shape index (κ3) is 9.92. The maximum atomic E-state index is 14.3. The van der Waals surface area contributed by atoms with E-state index in [1.165, 1.54) is 9.80 Å². The zero-order valence-electron chi connectivity index (χ0n) is 26.7. The van der Waals surface area contributed by atoms with Gasteiger partial charge in [0.1, 0.15) is 30.9 Å². The summed E-state index contributed by atoms with van der Waals surface area (Å²) >= 11 is 0. The van der Waals surface area contributed by atoms with Crippen LogP contribution in [0.25, 0.3) is 0 Å². The molecular formula is C33H47N3O8. The van der Waals surface area contributed by atoms with E-state index in [4.69, 9.17) is 14.2 Å². The molecule has 0 bridgehead atoms. The van der Waals surface area contributed by atoms with Crippen molar-refractivity contribution >= 4 is 23.9 Å². The first-order valence-electron chi connectivity index (χ1n) is 15.1. The number of alkyl carbamates (subject to hydrolysis) is 1. The van der Waals surface area contributed by atoms with Crippen LogP contribution in [0.5, 0.6) is 0 Å². The highest BCUT2D eigenvalue weighted by atomic mass is 16.6. The van der Waals surface area contributed by atoms with Crippen molar-refractivity contribution in [2.45, 2.75) is 90.8 Å². The maximum Gasteiger partial charge on any atom is 0.408 e. The van der Waals surface area contributed by atoms with Crippen LogP contribution < -0.4 is 5.32 Å². The maximum absolute atomic E-state index is 14.3. The highest BCUT2D eigenvalue weighted by molar-refractivity contribution is 5.93. The molecule has 1 heterocycles. The Balaban J connectivity index is 1.85. The van der Waals surface area contributed by atoms with Gasteiger partial charge in [-0.15, -0.1) is 0 Å². The van der Waals surface area contributed by atoms with Crippen LogP contribution in [0.3, 0.4) is 0 Å². The minimum absolute atomic E-state index is 0.0465. The number of aliphatic hydroxyl groups excluding tert-OH is 1. The van der Waals surface area contributed by atoms with Crippen molar-refractivity contribution < 1.29 is 38.5 Å². The Morgan fingerprint density at radius 1 is 1.07 bits per heavy atom. The molecule has 1 aromatic rings. The molecule has 0 radical (unpaired) electrons. The first kappa shape index (κ1) is 34.8. The van der Waals surface area contributed by atoms with Crippen molar-refractivity contribution in [3.8, 4) is 0 Å². The molecule has 1 unspecified atom stereocenters. The summed E-state index contributed by atoms with van der Waals surface area (Å²) in [5, 5.41) is 12.6. The van der Waals surface area contributed by atoms with Gasteiger partial charge in [-0.05, 0) is 44.6 Å². The Morgan fingerprint density at radius 2 is 1.77 bits per heavy atom. The lowest BCUT2D eigenvalue weighted by molar-refractivity contribution is -0.158. The number of nitrogens with one attached hydrogen (secondary N) is 1. The summed E-state index contributed by atoms with van der Waals surface area (Å²) in [6.45, 7) is 10.2. The molecule has 1 aliphatic heterocycles. The van der Waals surface area contributed by atoms with E-state index in [1.54, 1.807) is 20.8 Å². The summed E-state index contributed by atoms with van der Waals surface area (Å²) in [6, 6.07) is 6.79. The van der Waals surface area contributed by atoms with Gasteiger partial charge in [0, 0.05) is 13.1 Å². The number of allylic oxidation sites excluding steroid dienone is 2. The number of hydrogen-bond acceptors (Lipinski definition) is 8. The van der Waals surface area contributed by atoms with E-state index < -0.39 is 59.7 Å². The monoisotopic (exact) mass is 613 g/mol. The molecule has 2 aliphatic rings. The number of aliphatic hydroxyl groups is 1. The molecule has 4 atom stereocenters. The fourth-order valence-electron chi connectivity index (χ4n) is 5.19. The molecule has 1 aliphatic carbocycles. The largest absolute Gasteiger partial charge is 0.459 e. The molecule has 3 amide bonds. The van der Waals surface area contributed by atoms with Crippen LogP contribution in [0.2, 0.25) is 0 Å². The number of esters is 1. The van der Waals surface area contributed by atoms with E-state index in [-0.39, 0.29) is 38.8 Å². The second-order valence-corrected chi connectivity index (χ2v) is 13.1. The van der Waals surface area contributed by atoms with E-state index in [9.17, 15) is 24.3 Å². The molecule has 11 heteroatoms. The van der Waals surface area contributed by atoms with Gasteiger partial charge in [0.25, 0.3) is 0 Å². The smallest absolute Gasteiger partial charge is 0.408 e. The zero-order chi connectivity index (χ0) is 32.5. The van der Waals surface area contributed by atoms with Crippen LogP contribution in [-0.2, 0) is 35.2 Å². The molecule has 0 aromatic heterocycles. The van der Waals surface area contributed by atoms with Gasteiger partial charge in [-0.1, -0.05) is 75.4 Å². The molecule has 242 valence electrons. The predicted octanol–water partition coefficient (Wildman–Crippen LogP) is 3.36. The molecule has 0 saturated carbocycles. The lowest BCUT2D eigenvalue weighted by Crippen LogP contribution is -2.60. The third-order valence-corrected chi connectivity index (χ3v) is 7.29. The highest BCUT2D eigenvalue weighted by Gasteiger charge is 2.49. The molecule has 1 aromatic carbocycles. The Kier molecular flexibility index (Phi) is 12.1. The van der Waals surface area contributed by atoms with Crippen molar-refractivity contribution in [3.63, 3.8) is 0 Å². The SMILES string of the molecule is CC(C)(C)OC(=O)N[C@H](C(=O)N1CC[C@@H](OCC(=O)OCc2ccccc2)[C@H]1C(=O)N(CCO)C1C=CC=CC1)C(C)(C)C. The number of amides is 3. The van der Waals surface area contributed by atoms with Crippen LogP contribution in [0.4, 0.5) is 4.79 Å². The second-order valence-electron chi connectivity index (χ2n) is 13.1. The van der Waals surface area contributed by atoms with E-state index in [2.05, 4.69) is 5.32 Å². The predicted molar refractivity (Wildman–Crippen MR) is 164 cm³/mol. The Hall–Kier alpha value is -3.70. The highest BCUT2D eigenvalue weighted by Crippen LogP contribution is 2.30. The Morgan fingerprint density at radius 3 is 2.36 bits per heavy atom. The number of ether oxygens (including phenoxy) is 3. The van der Waals surface area contributed by atoms with Crippen LogP contribution in [-0.4, -0.2) is 94.9 Å². The minimum atomic E-state index is -1.10. The molecule has 11 nitrogen and oxygen atoms in total. The Bertz CT molecular complexity index is 1200. The van der Waals surface area contributed by atoms with Gasteiger partial charge in [0.15, 0.2) is 0 Å². The molecule has 44 heavy (non-hydrogen) atoms. The van der Waals surface area contributed by atoms with Gasteiger partial charge < -0.3 is 34.4 Å². The van der Waals surface area contributed by atoms with E-state index in [1.807, 2.05) is 75.4 Å². The summed E-state index contributed by atoms with van der Waals surface area (Å²) in [4.78, 5) is 56.7. The normalized spacial score (nSPS) is 20.6. The topological polar surface area (TPSA) is 135 Å². The first-order chi connectivity index (χ1) is 20.7. The van der Waals surface area contributed by atoms with Crippen molar-refractivity contribution in [1.82, 2.24) is 15.1 Å². The van der Waals surface area contributed by atoms with E-state index in [0.717, 1.165) is 5.56 Å². The average molecular weight is 614 g/mol. The number of benzene rings is 1. The van der Waals surface area contributed by atoms with Gasteiger partial charge in [-0.25, -0.2) is 9.59 Å². The lowest BCUT2D eigenvalue weighted by atomic mass is 9.85. The number of hydrogen-bond donors (Lipinski definition) is 2. The molecule has 1 fully saturated rings. The molecule has 3 rings (SSSR count). The molecule has 1 saturated heterocycles. The molecule has 2 N–H and O–H groups in total. The van der Waals surface area contributed by atoms with Gasteiger partial charge in [-0.3, -0.25) is 9.59 Å². The fourth-order valence-corrected chi connectivity index (χ4v) is 5.19. The molecule has 0 spiro atoms. The van der Waals surface area contributed by atoms with Crippen LogP contribution >= 0.6 is 0 Å². The van der Waals surface area contributed by atoms with Crippen molar-refractivity contribution in [2.24, 2.45) is 5.41 Å². The summed E-state index contributed by atoms with van der Waals surface area (Å²) < 4.78 is 16.8. The lowest BCUT2D eigenvalue weighted by Gasteiger charge is -2.39. The number of nitrogens with zero attached hydrogens (tertiary/aromatic N) is 2. The van der Waals surface area contributed by atoms with Crippen LogP contribution in [0.1, 0.15) is 59.9 Å². The first-order valence-corrected chi connectivity index (χ1v) is 15.1. The van der Waals surface area contributed by atoms with Gasteiger partial charge in [0.05, 0.1) is 18.8 Å². The summed E-state index contributed by atoms with van der Waals surface area (Å²) in [5.41, 5.74) is -0.683. The van der Waals surface area contributed by atoms with Crippen LogP contribution in [0, 0.1) is 5.41 Å². The number of carbonyl (C=O) groups is 4. The van der Waals surface area contributed by atoms with Gasteiger partial charge >= 0.3 is 12.1 Å². The van der Waals surface area contributed by atoms with Crippen molar-refractivity contribution in [3.05, 3.63) is 60.2 Å². The summed E-state index contributed by atoms with van der Waals surface area (Å²) in [6.07, 6.45) is 6.78. The quantitative estimate of drug-likeness (QED) is 0.363. The van der Waals surface area contributed by atoms with E-state index >= 15 is 0 Å². The van der Waals surface area contributed by atoms with E-state index in [0.29, 0.717) is 6.42 Å². The fraction of sp³-hybridized carbons (Fsp3) is 0.576. The summed E-state index contributed by atoms with van der Waals surface area (Å²) in [5.74, 6) is -1.48. The van der Waals surface area contributed by atoms with Crippen molar-refractivity contribution in [1.29, 1.82) is 0 Å². The third-order valence-electron chi connectivity index (χ3n) is 7.29. The van der Waals surface area contributed by atoms with Gasteiger partial charge in [0.2, 0.25) is 11.8 Å². The number of likely N-dealkylation sites (tertiary alicyclic amines) is 1. The molecular weight excluding hydrogens is 566 g/mol. The number of carbonyl (C=O) groups excluding carboxylic acids is 4. The standard InChI is InChI=1S/C33H47N3O8/c1-32(2,3)28(34-31(41)44-33(4,5)6)30(40)36-18-17-25(42-22-26(38)43-21-23-13-9-7-10-14-23)27(36)29(39)35(19-20-37)24-15-11-8-12-16-24/h7-15,24-25,27-28,37H,16-22H2,1-6H3,(H,34,41)/t24?,25-,27+,28-/m1/s1. The zero-order valence-corrected chi connectivity index (χ0v) is 26.7. The second kappa shape index (κ2) is 15.3. The van der Waals surface area contributed by atoms with Crippen LogP contribution in [0.15, 0.2) is 54.6 Å². The Labute approximate surface area is 260 Å². The number of rotatable bonds is 11. The minimum Gasteiger partial charge on any atom is -0.459 e. The average Bonchev–Trinajstić information content (AvgIpc) is 3.39. The van der Waals surface area contributed by atoms with Gasteiger partial charge in [-0.2, -0.15) is 0 Å². The summed E-state index contributed by atoms with van der Waals surface area (Å²) in [7, 11) is 0.